The van der Waals surface area contributed by atoms with Crippen LogP contribution in [0.25, 0.3) is 0 Å². The number of hydrogen-bond donors (Lipinski definition) is 1. The van der Waals surface area contributed by atoms with Crippen LogP contribution in [0.4, 0.5) is 17.2 Å². The molecule has 0 aliphatic carbocycles. The lowest BCUT2D eigenvalue weighted by atomic mass is 10.2. The van der Waals surface area contributed by atoms with Crippen LogP contribution in [0.15, 0.2) is 60.8 Å². The summed E-state index contributed by atoms with van der Waals surface area (Å²) in [5.74, 6) is 1.24. The van der Waals surface area contributed by atoms with Gasteiger partial charge < -0.3 is 19.7 Å². The van der Waals surface area contributed by atoms with E-state index in [1.807, 2.05) is 42.3 Å². The molecule has 0 radical (unpaired) electrons. The number of para-hydroxylation sites is 1. The van der Waals surface area contributed by atoms with Gasteiger partial charge in [-0.05, 0) is 24.3 Å². The number of aromatic nitrogens is 1. The van der Waals surface area contributed by atoms with E-state index in [1.165, 1.54) is 14.2 Å². The Hall–Kier alpha value is -3.25. The maximum absolute atomic E-state index is 12.8. The van der Waals surface area contributed by atoms with E-state index < -0.39 is 0 Å². The van der Waals surface area contributed by atoms with Crippen molar-refractivity contribution in [2.24, 2.45) is 0 Å². The van der Waals surface area contributed by atoms with Crippen molar-refractivity contribution in [1.29, 1.82) is 0 Å². The lowest BCUT2D eigenvalue weighted by Crippen LogP contribution is -2.15. The highest BCUT2D eigenvalue weighted by Crippen LogP contribution is 2.36. The third-order valence-corrected chi connectivity index (χ3v) is 4.51. The normalized spacial score (nSPS) is 10.3. The van der Waals surface area contributed by atoms with Crippen molar-refractivity contribution in [2.75, 3.05) is 31.5 Å². The Morgan fingerprint density at radius 2 is 1.75 bits per heavy atom. The molecule has 0 saturated carbocycles. The fourth-order valence-corrected chi connectivity index (χ4v) is 2.91. The molecule has 28 heavy (non-hydrogen) atoms. The van der Waals surface area contributed by atoms with Gasteiger partial charge in [0.2, 0.25) is 0 Å². The molecule has 7 heteroatoms. The molecule has 2 aromatic carbocycles. The summed E-state index contributed by atoms with van der Waals surface area (Å²) in [5, 5.41) is 3.23. The van der Waals surface area contributed by atoms with Gasteiger partial charge in [0.15, 0.2) is 0 Å². The Balaban J connectivity index is 1.86. The lowest BCUT2D eigenvalue weighted by Gasteiger charge is -2.19. The van der Waals surface area contributed by atoms with E-state index >= 15 is 0 Å². The van der Waals surface area contributed by atoms with Crippen molar-refractivity contribution in [3.63, 3.8) is 0 Å². The molecule has 6 nitrogen and oxygen atoms in total. The highest BCUT2D eigenvalue weighted by molar-refractivity contribution is 6.32. The molecule has 0 saturated heterocycles. The van der Waals surface area contributed by atoms with Gasteiger partial charge in [-0.25, -0.2) is 4.98 Å². The first-order chi connectivity index (χ1) is 13.5. The van der Waals surface area contributed by atoms with Crippen LogP contribution in [0.5, 0.6) is 11.5 Å². The van der Waals surface area contributed by atoms with E-state index in [4.69, 9.17) is 21.1 Å². The quantitative estimate of drug-likeness (QED) is 0.649. The van der Waals surface area contributed by atoms with Gasteiger partial charge in [0.05, 0.1) is 24.9 Å². The van der Waals surface area contributed by atoms with Crippen LogP contribution >= 0.6 is 11.6 Å². The van der Waals surface area contributed by atoms with Gasteiger partial charge in [0, 0.05) is 36.6 Å². The summed E-state index contributed by atoms with van der Waals surface area (Å²) < 4.78 is 10.5. The van der Waals surface area contributed by atoms with E-state index in [1.54, 1.807) is 30.5 Å². The predicted molar refractivity (Wildman–Crippen MR) is 111 cm³/mol. The van der Waals surface area contributed by atoms with Crippen LogP contribution in [-0.2, 0) is 0 Å². The molecule has 0 aliphatic rings. The number of amides is 1. The summed E-state index contributed by atoms with van der Waals surface area (Å²) in [6.45, 7) is 0. The lowest BCUT2D eigenvalue weighted by molar-refractivity contribution is 0.102. The Morgan fingerprint density at radius 1 is 1.04 bits per heavy atom. The summed E-state index contributed by atoms with van der Waals surface area (Å²) in [7, 11) is 4.91. The topological polar surface area (TPSA) is 63.7 Å². The predicted octanol–water partition coefficient (Wildman–Crippen LogP) is 4.77. The maximum Gasteiger partial charge on any atom is 0.255 e. The molecule has 3 aromatic rings. The van der Waals surface area contributed by atoms with Gasteiger partial charge in [-0.15, -0.1) is 0 Å². The van der Waals surface area contributed by atoms with Gasteiger partial charge in [-0.3, -0.25) is 4.79 Å². The van der Waals surface area contributed by atoms with Crippen molar-refractivity contribution in [1.82, 2.24) is 4.98 Å². The Labute approximate surface area is 168 Å². The van der Waals surface area contributed by atoms with Gasteiger partial charge >= 0.3 is 0 Å². The molecule has 144 valence electrons. The van der Waals surface area contributed by atoms with E-state index in [2.05, 4.69) is 10.3 Å². The van der Waals surface area contributed by atoms with E-state index in [-0.39, 0.29) is 5.91 Å². The first-order valence-electron chi connectivity index (χ1n) is 8.51. The first kappa shape index (κ1) is 19.5. The van der Waals surface area contributed by atoms with E-state index in [9.17, 15) is 4.79 Å². The average molecular weight is 398 g/mol. The van der Waals surface area contributed by atoms with Crippen LogP contribution < -0.4 is 19.7 Å². The number of benzene rings is 2. The number of hydrogen-bond acceptors (Lipinski definition) is 5. The number of pyridine rings is 1. The zero-order valence-corrected chi connectivity index (χ0v) is 16.5. The fourth-order valence-electron chi connectivity index (χ4n) is 2.68. The Bertz CT molecular complexity index is 980. The standard InChI is InChI=1S/C21H20ClN3O3/c1-25(15-7-5-4-6-8-15)20-11-14(9-10-23-20)21(26)24-17-13-18(27-2)16(22)12-19(17)28-3/h4-13H,1-3H3,(H,24,26). The Kier molecular flexibility index (Phi) is 6.01. The number of nitrogens with one attached hydrogen (secondary N) is 1. The number of halogens is 1. The number of carbonyl (C=O) groups excluding carboxylic acids is 1. The molecule has 1 heterocycles. The smallest absolute Gasteiger partial charge is 0.255 e. The molecule has 0 aliphatic heterocycles. The second-order valence-electron chi connectivity index (χ2n) is 5.94. The van der Waals surface area contributed by atoms with Gasteiger partial charge in [0.1, 0.15) is 17.3 Å². The molecule has 1 N–H and O–H groups in total. The van der Waals surface area contributed by atoms with E-state index in [0.29, 0.717) is 33.6 Å². The summed E-state index contributed by atoms with van der Waals surface area (Å²) >= 11 is 6.12. The van der Waals surface area contributed by atoms with Crippen LogP contribution in [0.3, 0.4) is 0 Å². The van der Waals surface area contributed by atoms with Crippen LogP contribution in [0.2, 0.25) is 5.02 Å². The highest BCUT2D eigenvalue weighted by Gasteiger charge is 2.15. The number of ether oxygens (including phenoxy) is 2. The number of anilines is 3. The minimum Gasteiger partial charge on any atom is -0.495 e. The number of nitrogens with zero attached hydrogens (tertiary/aromatic N) is 2. The molecule has 1 aromatic heterocycles. The molecular weight excluding hydrogens is 378 g/mol. The van der Waals surface area contributed by atoms with Crippen LogP contribution in [0.1, 0.15) is 10.4 Å². The molecular formula is C21H20ClN3O3. The largest absolute Gasteiger partial charge is 0.495 e. The van der Waals surface area contributed by atoms with Crippen molar-refractivity contribution < 1.29 is 14.3 Å². The van der Waals surface area contributed by atoms with Crippen molar-refractivity contribution in [3.8, 4) is 11.5 Å². The second-order valence-corrected chi connectivity index (χ2v) is 6.35. The van der Waals surface area contributed by atoms with Crippen molar-refractivity contribution in [3.05, 3.63) is 71.4 Å². The molecule has 0 atom stereocenters. The number of methoxy groups -OCH3 is 2. The SMILES string of the molecule is COc1cc(NC(=O)c2ccnc(N(C)c3ccccc3)c2)c(OC)cc1Cl. The third kappa shape index (κ3) is 4.18. The number of carbonyl (C=O) groups is 1. The van der Waals surface area contributed by atoms with Crippen LogP contribution in [0, 0.1) is 0 Å². The summed E-state index contributed by atoms with van der Waals surface area (Å²) in [4.78, 5) is 19.1. The second kappa shape index (κ2) is 8.63. The monoisotopic (exact) mass is 397 g/mol. The zero-order valence-electron chi connectivity index (χ0n) is 15.8. The first-order valence-corrected chi connectivity index (χ1v) is 8.89. The summed E-state index contributed by atoms with van der Waals surface area (Å²) in [6, 6.07) is 16.4. The van der Waals surface area contributed by atoms with Crippen molar-refractivity contribution in [2.45, 2.75) is 0 Å². The van der Waals surface area contributed by atoms with Gasteiger partial charge in [0.25, 0.3) is 5.91 Å². The van der Waals surface area contributed by atoms with Gasteiger partial charge in [-0.2, -0.15) is 0 Å². The average Bonchev–Trinajstić information content (AvgIpc) is 2.74. The van der Waals surface area contributed by atoms with Crippen molar-refractivity contribution >= 4 is 34.7 Å². The molecule has 1 amide bonds. The highest BCUT2D eigenvalue weighted by atomic mass is 35.5. The van der Waals surface area contributed by atoms with Gasteiger partial charge in [-0.1, -0.05) is 29.8 Å². The Morgan fingerprint density at radius 3 is 2.43 bits per heavy atom. The molecule has 0 spiro atoms. The summed E-state index contributed by atoms with van der Waals surface area (Å²) in [6.07, 6.45) is 1.60. The minimum absolute atomic E-state index is 0.298. The molecule has 0 unspecified atom stereocenters. The van der Waals surface area contributed by atoms with E-state index in [0.717, 1.165) is 5.69 Å². The number of rotatable bonds is 6. The zero-order chi connectivity index (χ0) is 20.1. The minimum atomic E-state index is -0.298. The van der Waals surface area contributed by atoms with Crippen LogP contribution in [-0.4, -0.2) is 32.2 Å². The maximum atomic E-state index is 12.8. The fraction of sp³-hybridized carbons (Fsp3) is 0.143. The molecule has 0 fully saturated rings. The summed E-state index contributed by atoms with van der Waals surface area (Å²) in [5.41, 5.74) is 1.89. The third-order valence-electron chi connectivity index (χ3n) is 4.22. The molecule has 0 bridgehead atoms. The molecule has 3 rings (SSSR count).